The van der Waals surface area contributed by atoms with E-state index in [2.05, 4.69) is 16.0 Å². The second kappa shape index (κ2) is 8.01. The van der Waals surface area contributed by atoms with Gasteiger partial charge in [0.15, 0.2) is 0 Å². The highest BCUT2D eigenvalue weighted by Gasteiger charge is 2.64. The van der Waals surface area contributed by atoms with Crippen LogP contribution in [0.5, 0.6) is 0 Å². The first-order chi connectivity index (χ1) is 15.1. The average Bonchev–Trinajstić information content (AvgIpc) is 3.29. The van der Waals surface area contributed by atoms with Crippen molar-refractivity contribution in [1.82, 2.24) is 25.8 Å². The summed E-state index contributed by atoms with van der Waals surface area (Å²) in [7, 11) is 0. The van der Waals surface area contributed by atoms with E-state index in [1.54, 1.807) is 44.2 Å². The Hall–Kier alpha value is -3.28. The zero-order chi connectivity index (χ0) is 23.2. The number of nitrogens with zero attached hydrogens (tertiary/aromatic N) is 2. The number of carboxylic acids is 1. The molecule has 0 aliphatic carbocycles. The summed E-state index contributed by atoms with van der Waals surface area (Å²) < 4.78 is -0.720. The van der Waals surface area contributed by atoms with Crippen molar-refractivity contribution in [2.24, 2.45) is 0 Å². The minimum absolute atomic E-state index is 0.175. The standard InChI is InChI=1S/C20H23N5O6S/c1-20(2)13(17(28)29)25-15(27)12(16(25)32-20)22-14(26)11(10-6-4-3-5-7-10)23-19(31)24-9-8-21-18(24)30/h3-7,11-13,16H,8-9H2,1-2H3,(H,21,30)(H,22,26)(H,23,31)(H,28,29)/t11-,12-,13+,16+/m1/s1. The smallest absolute Gasteiger partial charge is 0.327 e. The first-order valence-electron chi connectivity index (χ1n) is 10.1. The highest BCUT2D eigenvalue weighted by Crippen LogP contribution is 2.50. The van der Waals surface area contributed by atoms with Gasteiger partial charge in [0.1, 0.15) is 23.5 Å². The second-order valence-electron chi connectivity index (χ2n) is 8.26. The second-order valence-corrected chi connectivity index (χ2v) is 10.0. The fourth-order valence-corrected chi connectivity index (χ4v) is 5.82. The van der Waals surface area contributed by atoms with Gasteiger partial charge in [0.05, 0.1) is 0 Å². The number of rotatable bonds is 5. The van der Waals surface area contributed by atoms with E-state index in [1.807, 2.05) is 0 Å². The highest BCUT2D eigenvalue weighted by molar-refractivity contribution is 8.01. The molecule has 1 aromatic carbocycles. The van der Waals surface area contributed by atoms with Gasteiger partial charge in [0.2, 0.25) is 11.8 Å². The first-order valence-corrected chi connectivity index (χ1v) is 10.9. The minimum atomic E-state index is -1.14. The molecule has 4 N–H and O–H groups in total. The maximum Gasteiger partial charge on any atom is 0.327 e. The van der Waals surface area contributed by atoms with E-state index < -0.39 is 58.1 Å². The number of carbonyl (C=O) groups excluding carboxylic acids is 4. The molecule has 3 heterocycles. The third-order valence-corrected chi connectivity index (χ3v) is 7.31. The van der Waals surface area contributed by atoms with E-state index in [-0.39, 0.29) is 6.54 Å². The molecule has 4 rings (SSSR count). The van der Waals surface area contributed by atoms with Crippen LogP contribution < -0.4 is 16.0 Å². The Morgan fingerprint density at radius 1 is 1.22 bits per heavy atom. The molecule has 3 aliphatic rings. The lowest BCUT2D eigenvalue weighted by atomic mass is 9.95. The zero-order valence-corrected chi connectivity index (χ0v) is 18.2. The molecular weight excluding hydrogens is 438 g/mol. The number of nitrogens with one attached hydrogen (secondary N) is 3. The topological polar surface area (TPSA) is 148 Å². The monoisotopic (exact) mass is 461 g/mol. The SMILES string of the molecule is CC1(C)S[C@H]2[C@H](NC(=O)[C@H](NC(=O)N3CCNC3=O)c3ccccc3)C(=O)N2[C@H]1C(=O)O. The van der Waals surface area contributed by atoms with Gasteiger partial charge in [-0.15, -0.1) is 11.8 Å². The lowest BCUT2D eigenvalue weighted by molar-refractivity contribution is -0.161. The fourth-order valence-electron chi connectivity index (χ4n) is 4.19. The Kier molecular flexibility index (Phi) is 5.49. The summed E-state index contributed by atoms with van der Waals surface area (Å²) in [5, 5.41) is 16.8. The molecule has 1 aromatic rings. The Labute approximate surface area is 187 Å². The number of hydrogen-bond donors (Lipinski definition) is 4. The van der Waals surface area contributed by atoms with Gasteiger partial charge in [-0.1, -0.05) is 30.3 Å². The lowest BCUT2D eigenvalue weighted by Gasteiger charge is -2.44. The summed E-state index contributed by atoms with van der Waals surface area (Å²) in [6, 6.07) is 4.14. The van der Waals surface area contributed by atoms with Crippen LogP contribution in [0.1, 0.15) is 25.5 Å². The number of benzene rings is 1. The highest BCUT2D eigenvalue weighted by atomic mass is 32.2. The predicted molar refractivity (Wildman–Crippen MR) is 113 cm³/mol. The Balaban J connectivity index is 1.51. The van der Waals surface area contributed by atoms with Crippen molar-refractivity contribution in [2.45, 2.75) is 42.1 Å². The van der Waals surface area contributed by atoms with Crippen molar-refractivity contribution in [1.29, 1.82) is 0 Å². The molecule has 0 aromatic heterocycles. The van der Waals surface area contributed by atoms with Crippen LogP contribution in [0.3, 0.4) is 0 Å². The number of aliphatic carboxylic acids is 1. The van der Waals surface area contributed by atoms with Crippen LogP contribution in [0.15, 0.2) is 30.3 Å². The van der Waals surface area contributed by atoms with Gasteiger partial charge in [-0.2, -0.15) is 0 Å². The maximum atomic E-state index is 13.1. The van der Waals surface area contributed by atoms with Gasteiger partial charge < -0.3 is 26.0 Å². The minimum Gasteiger partial charge on any atom is -0.480 e. The summed E-state index contributed by atoms with van der Waals surface area (Å²) in [4.78, 5) is 64.2. The number of urea groups is 2. The molecule has 170 valence electrons. The summed E-state index contributed by atoms with van der Waals surface area (Å²) in [5.74, 6) is -2.20. The molecule has 32 heavy (non-hydrogen) atoms. The van der Waals surface area contributed by atoms with Gasteiger partial charge >= 0.3 is 18.0 Å². The van der Waals surface area contributed by atoms with E-state index in [4.69, 9.17) is 0 Å². The fraction of sp³-hybridized carbons (Fsp3) is 0.450. The molecule has 12 heteroatoms. The number of thioether (sulfide) groups is 1. The lowest BCUT2D eigenvalue weighted by Crippen LogP contribution is -2.71. The molecule has 6 amide bonds. The average molecular weight is 462 g/mol. The largest absolute Gasteiger partial charge is 0.480 e. The van der Waals surface area contributed by atoms with Crippen LogP contribution in [-0.4, -0.2) is 80.0 Å². The van der Waals surface area contributed by atoms with Crippen molar-refractivity contribution in [3.8, 4) is 0 Å². The number of carbonyl (C=O) groups is 5. The number of fused-ring (bicyclic) bond motifs is 1. The van der Waals surface area contributed by atoms with E-state index in [0.29, 0.717) is 12.1 Å². The third kappa shape index (κ3) is 3.64. The van der Waals surface area contributed by atoms with Crippen LogP contribution in [0.4, 0.5) is 9.59 Å². The van der Waals surface area contributed by atoms with E-state index in [9.17, 15) is 29.1 Å². The van der Waals surface area contributed by atoms with Gasteiger partial charge in [-0.05, 0) is 19.4 Å². The van der Waals surface area contributed by atoms with Gasteiger partial charge in [-0.25, -0.2) is 19.3 Å². The van der Waals surface area contributed by atoms with Crippen molar-refractivity contribution >= 4 is 41.6 Å². The molecule has 0 unspecified atom stereocenters. The van der Waals surface area contributed by atoms with Crippen LogP contribution >= 0.6 is 11.8 Å². The quantitative estimate of drug-likeness (QED) is 0.454. The number of hydrogen-bond acceptors (Lipinski definition) is 6. The number of imide groups is 1. The molecule has 4 atom stereocenters. The molecule has 0 radical (unpaired) electrons. The van der Waals surface area contributed by atoms with Crippen LogP contribution in [0, 0.1) is 0 Å². The summed E-state index contributed by atoms with van der Waals surface area (Å²) in [5.41, 5.74) is 0.476. The summed E-state index contributed by atoms with van der Waals surface area (Å²) in [6.45, 7) is 3.98. The van der Waals surface area contributed by atoms with Crippen LogP contribution in [0.25, 0.3) is 0 Å². The van der Waals surface area contributed by atoms with Crippen molar-refractivity contribution in [3.63, 3.8) is 0 Å². The van der Waals surface area contributed by atoms with Crippen molar-refractivity contribution < 1.29 is 29.1 Å². The molecule has 11 nitrogen and oxygen atoms in total. The molecular formula is C20H23N5O6S. The van der Waals surface area contributed by atoms with E-state index >= 15 is 0 Å². The molecule has 3 aliphatic heterocycles. The van der Waals surface area contributed by atoms with Gasteiger partial charge in [0.25, 0.3) is 0 Å². The van der Waals surface area contributed by atoms with E-state index in [0.717, 1.165) is 4.90 Å². The predicted octanol–water partition coefficient (Wildman–Crippen LogP) is 0.0942. The molecule has 3 fully saturated rings. The Morgan fingerprint density at radius 3 is 2.50 bits per heavy atom. The number of carboxylic acid groups (broad SMARTS) is 1. The molecule has 3 saturated heterocycles. The summed E-state index contributed by atoms with van der Waals surface area (Å²) >= 11 is 1.31. The third-order valence-electron chi connectivity index (χ3n) is 5.74. The molecule has 0 bridgehead atoms. The van der Waals surface area contributed by atoms with Gasteiger partial charge in [-0.3, -0.25) is 9.59 Å². The molecule has 0 spiro atoms. The number of β-lactam (4-membered cyclic amide) rings is 1. The van der Waals surface area contributed by atoms with Crippen LogP contribution in [0.2, 0.25) is 0 Å². The molecule has 0 saturated carbocycles. The van der Waals surface area contributed by atoms with Crippen LogP contribution in [-0.2, 0) is 14.4 Å². The number of amides is 6. The van der Waals surface area contributed by atoms with E-state index in [1.165, 1.54) is 16.7 Å². The van der Waals surface area contributed by atoms with Crippen molar-refractivity contribution in [2.75, 3.05) is 13.1 Å². The first kappa shape index (κ1) is 21.9. The Bertz CT molecular complexity index is 986. The normalized spacial score (nSPS) is 26.6. The zero-order valence-electron chi connectivity index (χ0n) is 17.4. The van der Waals surface area contributed by atoms with Crippen molar-refractivity contribution in [3.05, 3.63) is 35.9 Å². The maximum absolute atomic E-state index is 13.1. The Morgan fingerprint density at radius 2 is 1.91 bits per heavy atom. The van der Waals surface area contributed by atoms with Gasteiger partial charge in [0, 0.05) is 17.8 Å². The summed E-state index contributed by atoms with van der Waals surface area (Å²) in [6.07, 6.45) is 0.